The van der Waals surface area contributed by atoms with Crippen molar-refractivity contribution in [1.82, 2.24) is 20.4 Å². The van der Waals surface area contributed by atoms with Crippen LogP contribution in [0.25, 0.3) is 0 Å². The summed E-state index contributed by atoms with van der Waals surface area (Å²) in [6.07, 6.45) is 5.58. The van der Waals surface area contributed by atoms with Crippen LogP contribution in [0.4, 0.5) is 0 Å². The van der Waals surface area contributed by atoms with Gasteiger partial charge in [0.15, 0.2) is 5.11 Å². The highest BCUT2D eigenvalue weighted by atomic mass is 32.1. The van der Waals surface area contributed by atoms with Gasteiger partial charge in [-0.2, -0.15) is 0 Å². The van der Waals surface area contributed by atoms with Gasteiger partial charge in [0.25, 0.3) is 0 Å². The van der Waals surface area contributed by atoms with Gasteiger partial charge in [-0.1, -0.05) is 26.8 Å². The van der Waals surface area contributed by atoms with E-state index in [0.717, 1.165) is 50.4 Å². The summed E-state index contributed by atoms with van der Waals surface area (Å²) in [5.74, 6) is 0.724. The van der Waals surface area contributed by atoms with Crippen LogP contribution < -0.4 is 10.6 Å². The number of hydrogen-bond donors (Lipinski definition) is 2. The molecule has 0 bridgehead atoms. The first-order chi connectivity index (χ1) is 11.4. The predicted octanol–water partition coefficient (Wildman–Crippen LogP) is 2.10. The molecule has 0 saturated carbocycles. The number of hydrogen-bond acceptors (Lipinski definition) is 3. The first-order valence-electron chi connectivity index (χ1n) is 9.16. The van der Waals surface area contributed by atoms with Crippen molar-refractivity contribution in [2.24, 2.45) is 5.92 Å². The lowest BCUT2D eigenvalue weighted by Gasteiger charge is -2.45. The third kappa shape index (κ3) is 4.09. The van der Waals surface area contributed by atoms with Crippen molar-refractivity contribution < 1.29 is 4.79 Å². The Labute approximate surface area is 151 Å². The molecule has 6 heteroatoms. The van der Waals surface area contributed by atoms with Crippen molar-refractivity contribution in [3.63, 3.8) is 0 Å². The molecule has 2 heterocycles. The number of nitrogens with zero attached hydrogens (tertiary/aromatic N) is 2. The molecule has 0 unspecified atom stereocenters. The fraction of sp³-hybridized carbons (Fsp3) is 0.778. The van der Waals surface area contributed by atoms with Gasteiger partial charge in [-0.25, -0.2) is 0 Å². The molecule has 2 aliphatic heterocycles. The van der Waals surface area contributed by atoms with E-state index >= 15 is 0 Å². The van der Waals surface area contributed by atoms with Gasteiger partial charge in [-0.3, -0.25) is 10.1 Å². The van der Waals surface area contributed by atoms with Crippen molar-refractivity contribution >= 4 is 23.2 Å². The Hall–Kier alpha value is -1.14. The Balaban J connectivity index is 2.04. The molecule has 136 valence electrons. The Bertz CT molecular complexity index is 472. The second-order valence-electron chi connectivity index (χ2n) is 7.31. The Morgan fingerprint density at radius 2 is 2.17 bits per heavy atom. The fourth-order valence-electron chi connectivity index (χ4n) is 3.73. The van der Waals surface area contributed by atoms with Gasteiger partial charge in [-0.05, 0) is 31.0 Å². The Morgan fingerprint density at radius 1 is 1.50 bits per heavy atom. The van der Waals surface area contributed by atoms with Gasteiger partial charge in [0.2, 0.25) is 5.91 Å². The summed E-state index contributed by atoms with van der Waals surface area (Å²) in [4.78, 5) is 17.1. The molecule has 2 saturated heterocycles. The maximum absolute atomic E-state index is 12.8. The molecule has 0 aromatic heterocycles. The van der Waals surface area contributed by atoms with Crippen LogP contribution in [0, 0.1) is 5.92 Å². The van der Waals surface area contributed by atoms with Gasteiger partial charge in [0.05, 0.1) is 11.7 Å². The molecular weight excluding hydrogens is 320 g/mol. The predicted molar refractivity (Wildman–Crippen MR) is 103 cm³/mol. The lowest BCUT2D eigenvalue weighted by molar-refractivity contribution is -0.132. The zero-order chi connectivity index (χ0) is 17.7. The molecule has 2 rings (SSSR count). The quantitative estimate of drug-likeness (QED) is 0.566. The van der Waals surface area contributed by atoms with E-state index in [1.54, 1.807) is 0 Å². The third-order valence-electron chi connectivity index (χ3n) is 4.95. The molecular formula is C18H32N4OS. The van der Waals surface area contributed by atoms with Gasteiger partial charge < -0.3 is 15.1 Å². The summed E-state index contributed by atoms with van der Waals surface area (Å²) in [5, 5.41) is 7.80. The minimum Gasteiger partial charge on any atom is -0.363 e. The first-order valence-corrected chi connectivity index (χ1v) is 9.57. The van der Waals surface area contributed by atoms with Crippen LogP contribution in [-0.4, -0.2) is 58.7 Å². The molecule has 24 heavy (non-hydrogen) atoms. The molecule has 1 atom stereocenters. The highest BCUT2D eigenvalue weighted by Crippen LogP contribution is 2.33. The Kier molecular flexibility index (Phi) is 6.63. The monoisotopic (exact) mass is 352 g/mol. The van der Waals surface area contributed by atoms with Crippen LogP contribution in [0.15, 0.2) is 12.7 Å². The number of carbonyl (C=O) groups excluding carboxylic acids is 1. The second kappa shape index (κ2) is 8.30. The number of nitrogens with one attached hydrogen (secondary N) is 2. The second-order valence-corrected chi connectivity index (χ2v) is 7.70. The molecule has 2 N–H and O–H groups in total. The number of likely N-dealkylation sites (tertiary alicyclic amines) is 1. The average Bonchev–Trinajstić information content (AvgIpc) is 2.78. The van der Waals surface area contributed by atoms with E-state index in [9.17, 15) is 4.79 Å². The van der Waals surface area contributed by atoms with Gasteiger partial charge in [0.1, 0.15) is 0 Å². The van der Waals surface area contributed by atoms with Crippen molar-refractivity contribution in [2.75, 3.05) is 26.2 Å². The third-order valence-corrected chi connectivity index (χ3v) is 5.35. The van der Waals surface area contributed by atoms with Crippen LogP contribution in [0.5, 0.6) is 0 Å². The topological polar surface area (TPSA) is 47.6 Å². The largest absolute Gasteiger partial charge is 0.363 e. The average molecular weight is 353 g/mol. The maximum atomic E-state index is 12.8. The van der Waals surface area contributed by atoms with Crippen LogP contribution in [0.3, 0.4) is 0 Å². The van der Waals surface area contributed by atoms with Crippen LogP contribution in [-0.2, 0) is 4.79 Å². The van der Waals surface area contributed by atoms with Gasteiger partial charge >= 0.3 is 0 Å². The maximum Gasteiger partial charge on any atom is 0.241 e. The molecule has 0 radical (unpaired) electrons. The van der Waals surface area contributed by atoms with Crippen LogP contribution >= 0.6 is 12.2 Å². The summed E-state index contributed by atoms with van der Waals surface area (Å²) in [6.45, 7) is 13.6. The van der Waals surface area contributed by atoms with Gasteiger partial charge in [0, 0.05) is 39.0 Å². The first kappa shape index (κ1) is 19.2. The number of thiocarbonyl (C=S) groups is 1. The van der Waals surface area contributed by atoms with Gasteiger partial charge in [-0.15, -0.1) is 6.58 Å². The summed E-state index contributed by atoms with van der Waals surface area (Å²) in [7, 11) is 0. The van der Waals surface area contributed by atoms with Crippen LogP contribution in [0.1, 0.15) is 46.5 Å². The van der Waals surface area contributed by atoms with Crippen LogP contribution in [0.2, 0.25) is 0 Å². The van der Waals surface area contributed by atoms with E-state index in [1.165, 1.54) is 0 Å². The summed E-state index contributed by atoms with van der Waals surface area (Å²) < 4.78 is 0. The molecule has 2 fully saturated rings. The number of piperidine rings is 1. The smallest absolute Gasteiger partial charge is 0.241 e. The number of rotatable bonds is 6. The van der Waals surface area contributed by atoms with Crippen molar-refractivity contribution in [3.8, 4) is 0 Å². The highest BCUT2D eigenvalue weighted by Gasteiger charge is 2.50. The van der Waals surface area contributed by atoms with E-state index in [0.29, 0.717) is 12.5 Å². The highest BCUT2D eigenvalue weighted by molar-refractivity contribution is 7.80. The summed E-state index contributed by atoms with van der Waals surface area (Å²) in [5.41, 5.74) is -0.234. The van der Waals surface area contributed by atoms with E-state index in [2.05, 4.69) is 42.9 Å². The number of amides is 1. The Morgan fingerprint density at radius 3 is 2.71 bits per heavy atom. The van der Waals surface area contributed by atoms with E-state index < -0.39 is 0 Å². The lowest BCUT2D eigenvalue weighted by atomic mass is 9.96. The fourth-order valence-corrected chi connectivity index (χ4v) is 4.01. The number of carbonyl (C=O) groups is 1. The van der Waals surface area contributed by atoms with Crippen molar-refractivity contribution in [3.05, 3.63) is 12.7 Å². The van der Waals surface area contributed by atoms with Crippen molar-refractivity contribution in [2.45, 2.75) is 58.2 Å². The van der Waals surface area contributed by atoms with Crippen molar-refractivity contribution in [1.29, 1.82) is 0 Å². The van der Waals surface area contributed by atoms with E-state index in [1.807, 2.05) is 11.0 Å². The standard InChI is InChI=1S/C18H32N4OS/c1-5-9-19-17(24)21-11-7-18(8-12-21)20-15(13-14(3)4)16(23)22(18)10-6-2/h6,14-15,20H,2,5,7-13H2,1,3-4H3,(H,19,24)/t15-/m1/s1. The molecule has 0 aliphatic carbocycles. The van der Waals surface area contributed by atoms with E-state index in [4.69, 9.17) is 12.2 Å². The lowest BCUT2D eigenvalue weighted by Crippen LogP contribution is -2.60. The SMILES string of the molecule is C=CCN1C(=O)[C@@H](CC(C)C)NC12CCN(C(=S)NCCC)CC2. The summed E-state index contributed by atoms with van der Waals surface area (Å²) in [6, 6.07) is -0.0679. The molecule has 1 amide bonds. The van der Waals surface area contributed by atoms with E-state index in [-0.39, 0.29) is 17.6 Å². The minimum absolute atomic E-state index is 0.0679. The molecule has 0 aromatic rings. The molecule has 0 aromatic carbocycles. The normalized spacial score (nSPS) is 23.2. The minimum atomic E-state index is -0.234. The zero-order valence-corrected chi connectivity index (χ0v) is 16.1. The molecule has 2 aliphatic rings. The molecule has 1 spiro atoms. The summed E-state index contributed by atoms with van der Waals surface area (Å²) >= 11 is 5.48. The zero-order valence-electron chi connectivity index (χ0n) is 15.3. The molecule has 5 nitrogen and oxygen atoms in total.